The number of anilines is 1. The number of carbonyl (C=O) groups excluding carboxylic acids is 1. The van der Waals surface area contributed by atoms with E-state index in [-0.39, 0.29) is 11.9 Å². The largest absolute Gasteiger partial charge is 0.481 e. The van der Waals surface area contributed by atoms with Crippen LogP contribution in [0.1, 0.15) is 19.8 Å². The summed E-state index contributed by atoms with van der Waals surface area (Å²) in [5, 5.41) is 4.01. The van der Waals surface area contributed by atoms with Crippen molar-refractivity contribution in [2.45, 2.75) is 31.9 Å². The monoisotopic (exact) mass is 358 g/mol. The number of nitrogens with one attached hydrogen (secondary N) is 1. The van der Waals surface area contributed by atoms with Crippen molar-refractivity contribution in [3.05, 3.63) is 59.6 Å². The Hall–Kier alpha value is -2.04. The van der Waals surface area contributed by atoms with Crippen molar-refractivity contribution < 1.29 is 9.53 Å². The minimum Gasteiger partial charge on any atom is -0.481 e. The van der Waals surface area contributed by atoms with Gasteiger partial charge in [0.05, 0.1) is 10.7 Å². The fourth-order valence-corrected chi connectivity index (χ4v) is 3.32. The van der Waals surface area contributed by atoms with Gasteiger partial charge in [0.1, 0.15) is 5.75 Å². The third kappa shape index (κ3) is 4.53. The van der Waals surface area contributed by atoms with Crippen molar-refractivity contribution in [2.75, 3.05) is 18.0 Å². The van der Waals surface area contributed by atoms with Crippen molar-refractivity contribution in [3.63, 3.8) is 0 Å². The molecular weight excluding hydrogens is 336 g/mol. The summed E-state index contributed by atoms with van der Waals surface area (Å²) in [4.78, 5) is 14.9. The van der Waals surface area contributed by atoms with Gasteiger partial charge in [-0.2, -0.15) is 0 Å². The lowest BCUT2D eigenvalue weighted by Crippen LogP contribution is -2.46. The molecule has 1 heterocycles. The van der Waals surface area contributed by atoms with E-state index in [9.17, 15) is 4.79 Å². The summed E-state index contributed by atoms with van der Waals surface area (Å²) in [6, 6.07) is 17.1. The highest BCUT2D eigenvalue weighted by atomic mass is 35.5. The number of carbonyl (C=O) groups is 1. The van der Waals surface area contributed by atoms with Crippen LogP contribution in [0.5, 0.6) is 5.75 Å². The Kier molecular flexibility index (Phi) is 5.95. The minimum absolute atomic E-state index is 0.0920. The molecule has 0 aromatic heterocycles. The summed E-state index contributed by atoms with van der Waals surface area (Å²) in [5.41, 5.74) is 0.728. The Morgan fingerprint density at radius 3 is 2.64 bits per heavy atom. The Balaban J connectivity index is 1.79. The lowest BCUT2D eigenvalue weighted by Gasteiger charge is -2.29. The van der Waals surface area contributed by atoms with Crippen LogP contribution in [0.3, 0.4) is 0 Å². The molecule has 132 valence electrons. The molecule has 1 aliphatic heterocycles. The quantitative estimate of drug-likeness (QED) is 0.851. The van der Waals surface area contributed by atoms with Gasteiger partial charge in [-0.15, -0.1) is 0 Å². The molecule has 2 atom stereocenters. The van der Waals surface area contributed by atoms with Gasteiger partial charge in [-0.05, 0) is 50.6 Å². The molecule has 1 fully saturated rings. The number of nitrogens with zero attached hydrogens (tertiary/aromatic N) is 1. The molecule has 4 nitrogen and oxygen atoms in total. The normalized spacial score (nSPS) is 17.9. The molecule has 5 heteroatoms. The van der Waals surface area contributed by atoms with Crippen molar-refractivity contribution in [3.8, 4) is 5.75 Å². The summed E-state index contributed by atoms with van der Waals surface area (Å²) in [6.07, 6.45) is 1.59. The van der Waals surface area contributed by atoms with E-state index in [2.05, 4.69) is 5.32 Å². The van der Waals surface area contributed by atoms with E-state index >= 15 is 0 Å². The Morgan fingerprint density at radius 2 is 1.96 bits per heavy atom. The standard InChI is InChI=1S/C20H23ClN2O2/c1-15(25-17-9-3-2-4-10-17)20(24)23(14-16-8-7-13-22-16)19-12-6-5-11-18(19)21/h2-6,9-12,15-16,22H,7-8,13-14H2,1H3/t15?,16-/m1/s1. The summed E-state index contributed by atoms with van der Waals surface area (Å²) in [7, 11) is 0. The summed E-state index contributed by atoms with van der Waals surface area (Å²) in [6.45, 7) is 3.36. The SMILES string of the molecule is CC(Oc1ccccc1)C(=O)N(C[C@H]1CCCN1)c1ccccc1Cl. The minimum atomic E-state index is -0.597. The van der Waals surface area contributed by atoms with E-state index in [0.717, 1.165) is 25.1 Å². The Labute approximate surface area is 153 Å². The van der Waals surface area contributed by atoms with Crippen LogP contribution in [0.15, 0.2) is 54.6 Å². The van der Waals surface area contributed by atoms with Gasteiger partial charge in [0.25, 0.3) is 5.91 Å². The Bertz CT molecular complexity index is 702. The molecule has 1 saturated heterocycles. The van der Waals surface area contributed by atoms with Crippen molar-refractivity contribution in [1.29, 1.82) is 0 Å². The number of hydrogen-bond acceptors (Lipinski definition) is 3. The molecule has 2 aromatic rings. The van der Waals surface area contributed by atoms with Gasteiger partial charge < -0.3 is 15.0 Å². The number of para-hydroxylation sites is 2. The third-order valence-electron chi connectivity index (χ3n) is 4.38. The predicted molar refractivity (Wildman–Crippen MR) is 101 cm³/mol. The van der Waals surface area contributed by atoms with E-state index in [4.69, 9.17) is 16.3 Å². The van der Waals surface area contributed by atoms with E-state index in [0.29, 0.717) is 17.3 Å². The number of rotatable bonds is 6. The van der Waals surface area contributed by atoms with Crippen molar-refractivity contribution in [1.82, 2.24) is 5.32 Å². The Morgan fingerprint density at radius 1 is 1.24 bits per heavy atom. The molecule has 2 aromatic carbocycles. The van der Waals surface area contributed by atoms with Gasteiger partial charge >= 0.3 is 0 Å². The van der Waals surface area contributed by atoms with Crippen LogP contribution in [0, 0.1) is 0 Å². The van der Waals surface area contributed by atoms with Crippen molar-refractivity contribution >= 4 is 23.2 Å². The molecule has 1 amide bonds. The summed E-state index contributed by atoms with van der Waals surface area (Å²) in [5.74, 6) is 0.590. The molecule has 0 saturated carbocycles. The first-order chi connectivity index (χ1) is 12.1. The fourth-order valence-electron chi connectivity index (χ4n) is 3.08. The van der Waals surface area contributed by atoms with E-state index in [1.54, 1.807) is 11.8 Å². The van der Waals surface area contributed by atoms with Gasteiger partial charge in [-0.3, -0.25) is 4.79 Å². The van der Waals surface area contributed by atoms with Gasteiger partial charge in [0.2, 0.25) is 0 Å². The molecule has 0 radical (unpaired) electrons. The lowest BCUT2D eigenvalue weighted by atomic mass is 10.1. The molecular formula is C20H23ClN2O2. The molecule has 1 aliphatic rings. The fraction of sp³-hybridized carbons (Fsp3) is 0.350. The first kappa shape index (κ1) is 17.8. The van der Waals surface area contributed by atoms with E-state index in [1.807, 2.05) is 54.6 Å². The lowest BCUT2D eigenvalue weighted by molar-refractivity contribution is -0.124. The number of hydrogen-bond donors (Lipinski definition) is 1. The number of ether oxygens (including phenoxy) is 1. The van der Waals surface area contributed by atoms with E-state index in [1.165, 1.54) is 0 Å². The average molecular weight is 359 g/mol. The number of halogens is 1. The second-order valence-electron chi connectivity index (χ2n) is 6.27. The average Bonchev–Trinajstić information content (AvgIpc) is 3.14. The molecule has 1 unspecified atom stereocenters. The van der Waals surface area contributed by atoms with Gasteiger partial charge in [0, 0.05) is 12.6 Å². The predicted octanol–water partition coefficient (Wildman–Crippen LogP) is 3.89. The number of benzene rings is 2. The second-order valence-corrected chi connectivity index (χ2v) is 6.67. The first-order valence-corrected chi connectivity index (χ1v) is 9.04. The van der Waals surface area contributed by atoms with E-state index < -0.39 is 6.10 Å². The van der Waals surface area contributed by atoms with Crippen LogP contribution in [-0.4, -0.2) is 31.1 Å². The highest BCUT2D eigenvalue weighted by Gasteiger charge is 2.28. The van der Waals surface area contributed by atoms with Crippen LogP contribution < -0.4 is 15.0 Å². The zero-order valence-electron chi connectivity index (χ0n) is 14.3. The topological polar surface area (TPSA) is 41.6 Å². The maximum Gasteiger partial charge on any atom is 0.267 e. The molecule has 25 heavy (non-hydrogen) atoms. The molecule has 0 bridgehead atoms. The molecule has 0 aliphatic carbocycles. The van der Waals surface area contributed by atoms with Crippen LogP contribution in [0.4, 0.5) is 5.69 Å². The second kappa shape index (κ2) is 8.37. The van der Waals surface area contributed by atoms with Crippen molar-refractivity contribution in [2.24, 2.45) is 0 Å². The smallest absolute Gasteiger partial charge is 0.267 e. The molecule has 1 N–H and O–H groups in total. The number of amides is 1. The first-order valence-electron chi connectivity index (χ1n) is 8.66. The molecule has 3 rings (SSSR count). The summed E-state index contributed by atoms with van der Waals surface area (Å²) < 4.78 is 5.83. The maximum atomic E-state index is 13.1. The summed E-state index contributed by atoms with van der Waals surface area (Å²) >= 11 is 6.36. The highest BCUT2D eigenvalue weighted by molar-refractivity contribution is 6.33. The van der Waals surface area contributed by atoms with Gasteiger partial charge in [-0.25, -0.2) is 0 Å². The van der Waals surface area contributed by atoms with Crippen LogP contribution in [0.25, 0.3) is 0 Å². The zero-order valence-corrected chi connectivity index (χ0v) is 15.1. The van der Waals surface area contributed by atoms with Gasteiger partial charge in [0.15, 0.2) is 6.10 Å². The van der Waals surface area contributed by atoms with Crippen LogP contribution >= 0.6 is 11.6 Å². The molecule has 0 spiro atoms. The van der Waals surface area contributed by atoms with Crippen LogP contribution in [0.2, 0.25) is 5.02 Å². The third-order valence-corrected chi connectivity index (χ3v) is 4.70. The maximum absolute atomic E-state index is 13.1. The highest BCUT2D eigenvalue weighted by Crippen LogP contribution is 2.27. The van der Waals surface area contributed by atoms with Gasteiger partial charge in [-0.1, -0.05) is 41.9 Å². The van der Waals surface area contributed by atoms with Crippen LogP contribution in [-0.2, 0) is 4.79 Å². The zero-order chi connectivity index (χ0) is 17.6.